The van der Waals surface area contributed by atoms with Crippen LogP contribution in [0.25, 0.3) is 10.9 Å². The number of carbonyl (C=O) groups excluding carboxylic acids is 1. The molecule has 3 aromatic rings. The van der Waals surface area contributed by atoms with Gasteiger partial charge in [0.1, 0.15) is 5.75 Å². The van der Waals surface area contributed by atoms with Gasteiger partial charge in [0, 0.05) is 25.7 Å². The lowest BCUT2D eigenvalue weighted by molar-refractivity contribution is 0.102. The first kappa shape index (κ1) is 18.8. The van der Waals surface area contributed by atoms with Gasteiger partial charge in [-0.05, 0) is 30.3 Å². The summed E-state index contributed by atoms with van der Waals surface area (Å²) in [5, 5.41) is 3.60. The van der Waals surface area contributed by atoms with E-state index in [1.807, 2.05) is 24.3 Å². The second-order valence-corrected chi connectivity index (χ2v) is 8.13. The molecule has 3 rings (SSSR count). The summed E-state index contributed by atoms with van der Waals surface area (Å²) in [7, 11) is 0.613. The highest BCUT2D eigenvalue weighted by Gasteiger charge is 2.22. The summed E-state index contributed by atoms with van der Waals surface area (Å²) in [6, 6.07) is 13.3. The fourth-order valence-electron chi connectivity index (χ4n) is 2.63. The lowest BCUT2D eigenvalue weighted by atomic mass is 10.1. The van der Waals surface area contributed by atoms with Crippen molar-refractivity contribution >= 4 is 32.5 Å². The monoisotopic (exact) mass is 385 g/mol. The molecule has 0 fully saturated rings. The molecule has 27 heavy (non-hydrogen) atoms. The third-order valence-corrected chi connectivity index (χ3v) is 5.90. The average molecular weight is 385 g/mol. The van der Waals surface area contributed by atoms with Crippen molar-refractivity contribution in [2.45, 2.75) is 4.90 Å². The van der Waals surface area contributed by atoms with Crippen molar-refractivity contribution in [2.24, 2.45) is 0 Å². The zero-order chi connectivity index (χ0) is 19.6. The Morgan fingerprint density at radius 3 is 2.56 bits per heavy atom. The Morgan fingerprint density at radius 2 is 1.85 bits per heavy atom. The van der Waals surface area contributed by atoms with Gasteiger partial charge in [-0.15, -0.1) is 0 Å². The first-order valence-electron chi connectivity index (χ1n) is 8.10. The van der Waals surface area contributed by atoms with Gasteiger partial charge in [-0.25, -0.2) is 12.7 Å². The number of ether oxygens (including phenoxy) is 1. The van der Waals surface area contributed by atoms with Gasteiger partial charge >= 0.3 is 0 Å². The van der Waals surface area contributed by atoms with Gasteiger partial charge < -0.3 is 10.1 Å². The highest BCUT2D eigenvalue weighted by molar-refractivity contribution is 7.89. The molecule has 2 aromatic carbocycles. The summed E-state index contributed by atoms with van der Waals surface area (Å²) in [6.07, 6.45) is 1.60. The van der Waals surface area contributed by atoms with Crippen LogP contribution in [0, 0.1) is 0 Å². The van der Waals surface area contributed by atoms with Crippen LogP contribution in [-0.4, -0.2) is 44.8 Å². The Labute approximate surface area is 157 Å². The quantitative estimate of drug-likeness (QED) is 0.730. The number of anilines is 1. The molecule has 1 heterocycles. The molecule has 0 aliphatic heterocycles. The molecule has 0 saturated heterocycles. The number of hydrogen-bond donors (Lipinski definition) is 1. The molecular formula is C19H19N3O4S. The molecule has 0 unspecified atom stereocenters. The highest BCUT2D eigenvalue weighted by Crippen LogP contribution is 2.26. The van der Waals surface area contributed by atoms with Gasteiger partial charge in [0.05, 0.1) is 28.8 Å². The van der Waals surface area contributed by atoms with Crippen LogP contribution in [0.1, 0.15) is 10.4 Å². The van der Waals surface area contributed by atoms with Gasteiger partial charge in [0.25, 0.3) is 5.91 Å². The van der Waals surface area contributed by atoms with E-state index in [-0.39, 0.29) is 16.2 Å². The third-order valence-electron chi connectivity index (χ3n) is 4.09. The maximum absolute atomic E-state index is 12.9. The van der Waals surface area contributed by atoms with Crippen molar-refractivity contribution in [2.75, 3.05) is 26.5 Å². The summed E-state index contributed by atoms with van der Waals surface area (Å²) in [6.45, 7) is 0. The third kappa shape index (κ3) is 3.62. The summed E-state index contributed by atoms with van der Waals surface area (Å²) in [5.74, 6) is -0.192. The van der Waals surface area contributed by atoms with E-state index in [9.17, 15) is 13.2 Å². The van der Waals surface area contributed by atoms with Crippen molar-refractivity contribution < 1.29 is 17.9 Å². The normalized spacial score (nSPS) is 11.6. The predicted octanol–water partition coefficient (Wildman–Crippen LogP) is 2.75. The van der Waals surface area contributed by atoms with Gasteiger partial charge in [0.15, 0.2) is 0 Å². The van der Waals surface area contributed by atoms with E-state index in [2.05, 4.69) is 10.3 Å². The number of hydrogen-bond acceptors (Lipinski definition) is 5. The van der Waals surface area contributed by atoms with Crippen LogP contribution >= 0.6 is 0 Å². The van der Waals surface area contributed by atoms with Crippen LogP contribution < -0.4 is 10.1 Å². The smallest absolute Gasteiger partial charge is 0.259 e. The zero-order valence-corrected chi connectivity index (χ0v) is 15.9. The summed E-state index contributed by atoms with van der Waals surface area (Å²) >= 11 is 0. The molecular weight excluding hydrogens is 366 g/mol. The van der Waals surface area contributed by atoms with E-state index in [1.54, 1.807) is 12.3 Å². The maximum atomic E-state index is 12.9. The predicted molar refractivity (Wildman–Crippen MR) is 104 cm³/mol. The first-order valence-corrected chi connectivity index (χ1v) is 9.54. The molecule has 0 saturated carbocycles. The van der Waals surface area contributed by atoms with Crippen molar-refractivity contribution in [3.63, 3.8) is 0 Å². The van der Waals surface area contributed by atoms with Crippen LogP contribution in [0.3, 0.4) is 0 Å². The standard InChI is InChI=1S/C19H19N3O4S/c1-22(2)27(24,25)13-8-9-18(26-3)15(12-13)19(23)21-17-10-11-20-16-7-5-4-6-14(16)17/h4-12H,1-3H3,(H,20,21,23). The van der Waals surface area contributed by atoms with E-state index in [0.717, 1.165) is 15.2 Å². The second kappa shape index (κ2) is 7.34. The largest absolute Gasteiger partial charge is 0.496 e. The number of nitrogens with one attached hydrogen (secondary N) is 1. The summed E-state index contributed by atoms with van der Waals surface area (Å²) in [5.41, 5.74) is 1.45. The van der Waals surface area contributed by atoms with Gasteiger partial charge in [-0.1, -0.05) is 18.2 Å². The lowest BCUT2D eigenvalue weighted by Gasteiger charge is -2.15. The summed E-state index contributed by atoms with van der Waals surface area (Å²) < 4.78 is 31.1. The molecule has 1 aromatic heterocycles. The Bertz CT molecular complexity index is 1110. The zero-order valence-electron chi connectivity index (χ0n) is 15.1. The average Bonchev–Trinajstić information content (AvgIpc) is 2.67. The molecule has 0 aliphatic carbocycles. The fraction of sp³-hybridized carbons (Fsp3) is 0.158. The van der Waals surface area contributed by atoms with Crippen LogP contribution in [0.2, 0.25) is 0 Å². The second-order valence-electron chi connectivity index (χ2n) is 5.98. The summed E-state index contributed by atoms with van der Waals surface area (Å²) in [4.78, 5) is 17.1. The number of para-hydroxylation sites is 1. The number of carbonyl (C=O) groups is 1. The molecule has 1 N–H and O–H groups in total. The molecule has 0 aliphatic rings. The number of amides is 1. The number of methoxy groups -OCH3 is 1. The van der Waals surface area contributed by atoms with E-state index in [0.29, 0.717) is 5.69 Å². The Morgan fingerprint density at radius 1 is 1.11 bits per heavy atom. The number of aromatic nitrogens is 1. The van der Waals surface area contributed by atoms with E-state index in [1.165, 1.54) is 39.4 Å². The first-order chi connectivity index (χ1) is 12.8. The van der Waals surface area contributed by atoms with Crippen LogP contribution in [0.4, 0.5) is 5.69 Å². The number of pyridine rings is 1. The highest BCUT2D eigenvalue weighted by atomic mass is 32.2. The van der Waals surface area contributed by atoms with Crippen molar-refractivity contribution in [1.29, 1.82) is 0 Å². The van der Waals surface area contributed by atoms with Crippen molar-refractivity contribution in [1.82, 2.24) is 9.29 Å². The fourth-order valence-corrected chi connectivity index (χ4v) is 3.56. The molecule has 0 bridgehead atoms. The van der Waals surface area contributed by atoms with Gasteiger partial charge in [0.2, 0.25) is 10.0 Å². The van der Waals surface area contributed by atoms with E-state index >= 15 is 0 Å². The minimum absolute atomic E-state index is 0.0121. The van der Waals surface area contributed by atoms with Crippen LogP contribution in [0.15, 0.2) is 59.6 Å². The lowest BCUT2D eigenvalue weighted by Crippen LogP contribution is -2.23. The number of nitrogens with zero attached hydrogens (tertiary/aromatic N) is 2. The molecule has 1 amide bonds. The van der Waals surface area contributed by atoms with Gasteiger partial charge in [-0.2, -0.15) is 0 Å². The van der Waals surface area contributed by atoms with Crippen molar-refractivity contribution in [3.05, 3.63) is 60.3 Å². The Kier molecular flexibility index (Phi) is 5.11. The maximum Gasteiger partial charge on any atom is 0.259 e. The van der Waals surface area contributed by atoms with E-state index < -0.39 is 15.9 Å². The molecule has 0 atom stereocenters. The van der Waals surface area contributed by atoms with E-state index in [4.69, 9.17) is 4.74 Å². The molecule has 0 spiro atoms. The Hall–Kier alpha value is -2.97. The minimum atomic E-state index is -3.68. The van der Waals surface area contributed by atoms with Crippen molar-refractivity contribution in [3.8, 4) is 5.75 Å². The minimum Gasteiger partial charge on any atom is -0.496 e. The number of sulfonamides is 1. The van der Waals surface area contributed by atoms with Gasteiger partial charge in [-0.3, -0.25) is 9.78 Å². The topological polar surface area (TPSA) is 88.6 Å². The molecule has 0 radical (unpaired) electrons. The van der Waals surface area contributed by atoms with Crippen LogP contribution in [-0.2, 0) is 10.0 Å². The molecule has 8 heteroatoms. The number of benzene rings is 2. The van der Waals surface area contributed by atoms with Crippen LogP contribution in [0.5, 0.6) is 5.75 Å². The molecule has 7 nitrogen and oxygen atoms in total. The SMILES string of the molecule is COc1ccc(S(=O)(=O)N(C)C)cc1C(=O)Nc1ccnc2ccccc12. The number of rotatable bonds is 5. The number of fused-ring (bicyclic) bond motifs is 1. The Balaban J connectivity index is 2.03. The molecule has 140 valence electrons.